The molecule has 1 aliphatic rings. The van der Waals surface area contributed by atoms with Crippen molar-refractivity contribution in [3.8, 4) is 5.75 Å². The minimum atomic E-state index is -0.458. The molecule has 64 valence electrons. The van der Waals surface area contributed by atoms with Crippen LogP contribution in [0.1, 0.15) is 24.3 Å². The molecule has 0 radical (unpaired) electrons. The Morgan fingerprint density at radius 2 is 1.92 bits per heavy atom. The highest BCUT2D eigenvalue weighted by atomic mass is 31.1. The van der Waals surface area contributed by atoms with Gasteiger partial charge in [0.2, 0.25) is 9.03 Å². The average molecular weight is 182 g/mol. The lowest BCUT2D eigenvalue weighted by atomic mass is 10.1. The van der Waals surface area contributed by atoms with E-state index in [1.807, 2.05) is 12.1 Å². The third kappa shape index (κ3) is 1.77. The van der Waals surface area contributed by atoms with Gasteiger partial charge >= 0.3 is 0 Å². The molecular weight excluding hydrogens is 171 g/mol. The smallest absolute Gasteiger partial charge is 0.212 e. The molecule has 0 spiro atoms. The predicted octanol–water partition coefficient (Wildman–Crippen LogP) is 2.44. The Labute approximate surface area is 73.5 Å². The van der Waals surface area contributed by atoms with Gasteiger partial charge in [0, 0.05) is 0 Å². The van der Waals surface area contributed by atoms with Gasteiger partial charge < -0.3 is 9.42 Å². The Morgan fingerprint density at radius 1 is 1.25 bits per heavy atom. The third-order valence-corrected chi connectivity index (χ3v) is 2.42. The van der Waals surface area contributed by atoms with Gasteiger partial charge in [-0.05, 0) is 36.5 Å². The van der Waals surface area contributed by atoms with E-state index in [9.17, 15) is 0 Å². The van der Waals surface area contributed by atoms with Crippen LogP contribution in [-0.4, -0.2) is 4.89 Å². The lowest BCUT2D eigenvalue weighted by molar-refractivity contribution is 0.514. The van der Waals surface area contributed by atoms with E-state index in [0.29, 0.717) is 0 Å². The lowest BCUT2D eigenvalue weighted by Crippen LogP contribution is -1.80. The van der Waals surface area contributed by atoms with Crippen LogP contribution in [-0.2, 0) is 0 Å². The topological polar surface area (TPSA) is 29.5 Å². The Morgan fingerprint density at radius 3 is 2.42 bits per heavy atom. The van der Waals surface area contributed by atoms with Gasteiger partial charge in [0.25, 0.3) is 0 Å². The van der Waals surface area contributed by atoms with Crippen molar-refractivity contribution < 1.29 is 9.42 Å². The molecular formula is C9H11O2P. The molecule has 1 saturated carbocycles. The maximum absolute atomic E-state index is 8.52. The molecule has 1 aliphatic carbocycles. The van der Waals surface area contributed by atoms with Crippen LogP contribution in [0, 0.1) is 0 Å². The van der Waals surface area contributed by atoms with Crippen molar-refractivity contribution in [2.24, 2.45) is 0 Å². The summed E-state index contributed by atoms with van der Waals surface area (Å²) in [7, 11) is -0.458. The van der Waals surface area contributed by atoms with Crippen LogP contribution in [0.3, 0.4) is 0 Å². The van der Waals surface area contributed by atoms with E-state index in [1.165, 1.54) is 18.4 Å². The maximum Gasteiger partial charge on any atom is 0.212 e. The second-order valence-electron chi connectivity index (χ2n) is 3.04. The standard InChI is InChI=1S/C9H11O2P/c10-12-11-9-5-3-8(4-6-9)7-1-2-7/h3-7,10,12H,1-2H2. The molecule has 0 heterocycles. The van der Waals surface area contributed by atoms with E-state index in [1.54, 1.807) is 0 Å². The Kier molecular flexibility index (Phi) is 2.29. The molecule has 1 fully saturated rings. The molecule has 0 saturated heterocycles. The van der Waals surface area contributed by atoms with Crippen molar-refractivity contribution in [1.29, 1.82) is 0 Å². The quantitative estimate of drug-likeness (QED) is 0.727. The molecule has 0 aromatic heterocycles. The molecule has 0 bridgehead atoms. The normalized spacial score (nSPS) is 17.1. The molecule has 1 atom stereocenters. The van der Waals surface area contributed by atoms with Crippen LogP contribution in [0.15, 0.2) is 24.3 Å². The first-order valence-corrected chi connectivity index (χ1v) is 4.91. The molecule has 12 heavy (non-hydrogen) atoms. The predicted molar refractivity (Wildman–Crippen MR) is 49.6 cm³/mol. The second kappa shape index (κ2) is 3.42. The van der Waals surface area contributed by atoms with Crippen molar-refractivity contribution in [2.75, 3.05) is 0 Å². The first-order chi connectivity index (χ1) is 5.90. The lowest BCUT2D eigenvalue weighted by Gasteiger charge is -2.01. The molecule has 1 unspecified atom stereocenters. The Bertz CT molecular complexity index is 254. The summed E-state index contributed by atoms with van der Waals surface area (Å²) in [5, 5.41) is 0. The van der Waals surface area contributed by atoms with Gasteiger partial charge in [-0.25, -0.2) is 0 Å². The fraction of sp³-hybridized carbons (Fsp3) is 0.333. The van der Waals surface area contributed by atoms with Crippen molar-refractivity contribution in [2.45, 2.75) is 18.8 Å². The summed E-state index contributed by atoms with van der Waals surface area (Å²) >= 11 is 0. The van der Waals surface area contributed by atoms with Gasteiger partial charge in [-0.3, -0.25) is 0 Å². The van der Waals surface area contributed by atoms with E-state index in [2.05, 4.69) is 12.1 Å². The zero-order chi connectivity index (χ0) is 8.39. The summed E-state index contributed by atoms with van der Waals surface area (Å²) in [6.45, 7) is 0. The monoisotopic (exact) mass is 182 g/mol. The fourth-order valence-electron chi connectivity index (χ4n) is 1.28. The zero-order valence-electron chi connectivity index (χ0n) is 6.66. The van der Waals surface area contributed by atoms with E-state index < -0.39 is 9.03 Å². The van der Waals surface area contributed by atoms with Crippen LogP contribution in [0.5, 0.6) is 5.75 Å². The third-order valence-electron chi connectivity index (χ3n) is 2.09. The summed E-state index contributed by atoms with van der Waals surface area (Å²) in [5.41, 5.74) is 1.39. The molecule has 3 heteroatoms. The first kappa shape index (κ1) is 8.03. The van der Waals surface area contributed by atoms with Crippen molar-refractivity contribution in [3.63, 3.8) is 0 Å². The minimum Gasteiger partial charge on any atom is -0.450 e. The van der Waals surface area contributed by atoms with Crippen LogP contribution in [0.25, 0.3) is 0 Å². The van der Waals surface area contributed by atoms with E-state index in [0.717, 1.165) is 11.7 Å². The summed E-state index contributed by atoms with van der Waals surface area (Å²) in [5.74, 6) is 1.54. The van der Waals surface area contributed by atoms with Gasteiger partial charge in [-0.1, -0.05) is 12.1 Å². The first-order valence-electron chi connectivity index (χ1n) is 4.06. The van der Waals surface area contributed by atoms with Gasteiger partial charge in [0.15, 0.2) is 0 Å². The largest absolute Gasteiger partial charge is 0.450 e. The van der Waals surface area contributed by atoms with Gasteiger partial charge in [-0.2, -0.15) is 0 Å². The summed E-state index contributed by atoms with van der Waals surface area (Å²) < 4.78 is 4.94. The molecule has 0 aliphatic heterocycles. The molecule has 0 amide bonds. The highest BCUT2D eigenvalue weighted by Crippen LogP contribution is 2.40. The summed E-state index contributed by atoms with van der Waals surface area (Å²) in [6, 6.07) is 7.98. The number of rotatable bonds is 3. The Balaban J connectivity index is 2.08. The maximum atomic E-state index is 8.52. The fourth-order valence-corrected chi connectivity index (χ4v) is 1.52. The van der Waals surface area contributed by atoms with Gasteiger partial charge in [0.1, 0.15) is 5.75 Å². The number of benzene rings is 1. The van der Waals surface area contributed by atoms with Crippen molar-refractivity contribution in [3.05, 3.63) is 29.8 Å². The highest BCUT2D eigenvalue weighted by molar-refractivity contribution is 7.25. The van der Waals surface area contributed by atoms with Crippen LogP contribution >= 0.6 is 9.03 Å². The van der Waals surface area contributed by atoms with E-state index in [4.69, 9.17) is 9.42 Å². The molecule has 1 N–H and O–H groups in total. The number of hydrogen-bond donors (Lipinski definition) is 1. The van der Waals surface area contributed by atoms with Crippen LogP contribution < -0.4 is 4.52 Å². The second-order valence-corrected chi connectivity index (χ2v) is 3.42. The average Bonchev–Trinajstić information content (AvgIpc) is 2.89. The highest BCUT2D eigenvalue weighted by Gasteiger charge is 2.22. The zero-order valence-corrected chi connectivity index (χ0v) is 7.66. The van der Waals surface area contributed by atoms with Crippen LogP contribution in [0.2, 0.25) is 0 Å². The molecule has 1 aromatic carbocycles. The molecule has 1 aromatic rings. The van der Waals surface area contributed by atoms with Crippen molar-refractivity contribution in [1.82, 2.24) is 0 Å². The molecule has 2 rings (SSSR count). The molecule has 2 nitrogen and oxygen atoms in total. The Hall–Kier alpha value is -0.590. The van der Waals surface area contributed by atoms with E-state index in [-0.39, 0.29) is 0 Å². The SMILES string of the molecule is OPOc1ccc(C2CC2)cc1. The summed E-state index contributed by atoms with van der Waals surface area (Å²) in [4.78, 5) is 8.52. The van der Waals surface area contributed by atoms with Crippen LogP contribution in [0.4, 0.5) is 0 Å². The van der Waals surface area contributed by atoms with Gasteiger partial charge in [-0.15, -0.1) is 0 Å². The number of hydrogen-bond acceptors (Lipinski definition) is 2. The van der Waals surface area contributed by atoms with Crippen molar-refractivity contribution >= 4 is 9.03 Å². The minimum absolute atomic E-state index is 0.458. The summed E-state index contributed by atoms with van der Waals surface area (Å²) in [6.07, 6.45) is 2.64. The van der Waals surface area contributed by atoms with Gasteiger partial charge in [0.05, 0.1) is 0 Å². The van der Waals surface area contributed by atoms with E-state index >= 15 is 0 Å².